The van der Waals surface area contributed by atoms with Gasteiger partial charge in [-0.3, -0.25) is 5.10 Å². The van der Waals surface area contributed by atoms with Crippen LogP contribution >= 0.6 is 15.9 Å². The molecule has 2 aromatic rings. The summed E-state index contributed by atoms with van der Waals surface area (Å²) in [7, 11) is 0. The van der Waals surface area contributed by atoms with Crippen molar-refractivity contribution in [1.29, 1.82) is 0 Å². The molecule has 2 aromatic heterocycles. The number of primary amides is 1. The lowest BCUT2D eigenvalue weighted by Crippen LogP contribution is -2.17. The lowest BCUT2D eigenvalue weighted by atomic mass is 10.5. The smallest absolute Gasteiger partial charge is 0.412 e. The van der Waals surface area contributed by atoms with Crippen LogP contribution in [0.4, 0.5) is 4.79 Å². The second-order valence-electron chi connectivity index (χ2n) is 2.49. The predicted octanol–water partition coefficient (Wildman–Crippen LogP) is 0.279. The van der Waals surface area contributed by atoms with E-state index in [1.54, 1.807) is 0 Å². The number of ether oxygens (including phenoxy) is 1. The van der Waals surface area contributed by atoms with Gasteiger partial charge in [0.25, 0.3) is 0 Å². The van der Waals surface area contributed by atoms with Crippen LogP contribution in [0.2, 0.25) is 0 Å². The monoisotopic (exact) mass is 273 g/mol. The van der Waals surface area contributed by atoms with Gasteiger partial charge in [-0.1, -0.05) is 0 Å². The van der Waals surface area contributed by atoms with Crippen molar-refractivity contribution in [3.05, 3.63) is 4.60 Å². The van der Waals surface area contributed by atoms with Crippen molar-refractivity contribution >= 4 is 33.1 Å². The molecule has 0 saturated heterocycles. The van der Waals surface area contributed by atoms with Gasteiger partial charge in [0.05, 0.1) is 0 Å². The number of amides is 1. The van der Waals surface area contributed by atoms with E-state index in [1.807, 2.05) is 0 Å². The fourth-order valence-corrected chi connectivity index (χ4v) is 1.34. The molecule has 0 spiro atoms. The summed E-state index contributed by atoms with van der Waals surface area (Å²) in [5.41, 5.74) is 5.23. The molecule has 0 fully saturated rings. The Balaban J connectivity index is 2.59. The average Bonchev–Trinajstić information content (AvgIpc) is 2.47. The topological polar surface area (TPSA) is 127 Å². The van der Waals surface area contributed by atoms with Crippen LogP contribution in [0.1, 0.15) is 0 Å². The first-order chi connectivity index (χ1) is 7.08. The van der Waals surface area contributed by atoms with Gasteiger partial charge in [0.2, 0.25) is 5.88 Å². The number of rotatable bonds is 1. The summed E-state index contributed by atoms with van der Waals surface area (Å²) in [5.74, 6) is -0.404. The highest BCUT2D eigenvalue weighted by molar-refractivity contribution is 9.10. The molecule has 8 nitrogen and oxygen atoms in total. The lowest BCUT2D eigenvalue weighted by molar-refractivity contribution is 0.206. The van der Waals surface area contributed by atoms with Crippen molar-refractivity contribution in [1.82, 2.24) is 20.2 Å². The largest absolute Gasteiger partial charge is 0.492 e. The molecule has 0 unspecified atom stereocenters. The molecular weight excluding hydrogens is 270 g/mol. The van der Waals surface area contributed by atoms with Gasteiger partial charge in [0.1, 0.15) is 10.1 Å². The van der Waals surface area contributed by atoms with Crippen LogP contribution in [-0.2, 0) is 0 Å². The molecule has 2 heterocycles. The van der Waals surface area contributed by atoms with Crippen molar-refractivity contribution in [2.75, 3.05) is 0 Å². The average molecular weight is 274 g/mol. The summed E-state index contributed by atoms with van der Waals surface area (Å²) < 4.78 is 4.86. The predicted molar refractivity (Wildman–Crippen MR) is 51.3 cm³/mol. The van der Waals surface area contributed by atoms with Crippen LogP contribution in [-0.4, -0.2) is 31.4 Å². The van der Waals surface area contributed by atoms with Crippen LogP contribution in [0.3, 0.4) is 0 Å². The number of fused-ring (bicyclic) bond motifs is 1. The second kappa shape index (κ2) is 3.35. The fourth-order valence-electron chi connectivity index (χ4n) is 0.973. The number of aromatic amines is 1. The van der Waals surface area contributed by atoms with Gasteiger partial charge >= 0.3 is 12.1 Å². The highest BCUT2D eigenvalue weighted by Crippen LogP contribution is 2.26. The van der Waals surface area contributed by atoms with Gasteiger partial charge < -0.3 is 15.6 Å². The van der Waals surface area contributed by atoms with Gasteiger partial charge in [-0.2, -0.15) is 15.1 Å². The Labute approximate surface area is 90.6 Å². The maximum Gasteiger partial charge on any atom is 0.412 e. The number of halogens is 1. The molecule has 0 saturated carbocycles. The minimum atomic E-state index is -1.06. The molecule has 0 bridgehead atoms. The summed E-state index contributed by atoms with van der Waals surface area (Å²) in [6.07, 6.45) is -1.06. The Morgan fingerprint density at radius 2 is 2.20 bits per heavy atom. The Morgan fingerprint density at radius 3 is 2.87 bits per heavy atom. The number of hydrogen-bond donors (Lipinski definition) is 3. The standard InChI is InChI=1S/C6H4BrN5O3/c7-3-1-2(11-12-3)4(13)10-6(9-1)15-5(8)14/h(H2,8,14)(H,11,12)(H,9,10,13). The van der Waals surface area contributed by atoms with Crippen LogP contribution < -0.4 is 10.5 Å². The van der Waals surface area contributed by atoms with Crippen LogP contribution in [0, 0.1) is 0 Å². The summed E-state index contributed by atoms with van der Waals surface area (Å²) in [6.45, 7) is 0. The first-order valence-electron chi connectivity index (χ1n) is 3.66. The van der Waals surface area contributed by atoms with Crippen molar-refractivity contribution < 1.29 is 14.6 Å². The molecule has 78 valence electrons. The third kappa shape index (κ3) is 1.68. The first-order valence-corrected chi connectivity index (χ1v) is 4.45. The zero-order valence-corrected chi connectivity index (χ0v) is 8.65. The minimum Gasteiger partial charge on any atom is -0.492 e. The van der Waals surface area contributed by atoms with E-state index < -0.39 is 12.0 Å². The summed E-state index contributed by atoms with van der Waals surface area (Å²) in [4.78, 5) is 17.7. The first kappa shape index (κ1) is 9.65. The van der Waals surface area contributed by atoms with Crippen molar-refractivity contribution in [3.63, 3.8) is 0 Å². The fraction of sp³-hybridized carbons (Fsp3) is 0. The molecule has 0 aliphatic heterocycles. The maximum atomic E-state index is 10.4. The Morgan fingerprint density at radius 1 is 1.47 bits per heavy atom. The van der Waals surface area contributed by atoms with E-state index in [0.29, 0.717) is 10.1 Å². The number of nitrogens with one attached hydrogen (secondary N) is 1. The van der Waals surface area contributed by atoms with Crippen LogP contribution in [0.25, 0.3) is 11.0 Å². The van der Waals surface area contributed by atoms with Gasteiger partial charge in [0.15, 0.2) is 5.52 Å². The maximum absolute atomic E-state index is 10.4. The number of carbonyl (C=O) groups excluding carboxylic acids is 1. The van der Waals surface area contributed by atoms with Gasteiger partial charge in [-0.05, 0) is 15.9 Å². The normalized spacial score (nSPS) is 10.5. The summed E-state index contributed by atoms with van der Waals surface area (Å²) >= 11 is 3.11. The molecule has 1 amide bonds. The zero-order chi connectivity index (χ0) is 11.0. The lowest BCUT2D eigenvalue weighted by Gasteiger charge is -1.98. The van der Waals surface area contributed by atoms with Crippen molar-refractivity contribution in [3.8, 4) is 11.9 Å². The number of hydrogen-bond acceptors (Lipinski definition) is 6. The summed E-state index contributed by atoms with van der Waals surface area (Å²) in [5, 5.41) is 15.6. The van der Waals surface area contributed by atoms with E-state index in [1.165, 1.54) is 0 Å². The highest BCUT2D eigenvalue weighted by Gasteiger charge is 2.14. The number of nitrogens with zero attached hydrogens (tertiary/aromatic N) is 3. The highest BCUT2D eigenvalue weighted by atomic mass is 79.9. The molecule has 15 heavy (non-hydrogen) atoms. The number of aromatic hydroxyl groups is 1. The van der Waals surface area contributed by atoms with E-state index in [-0.39, 0.29) is 11.5 Å². The Kier molecular flexibility index (Phi) is 2.15. The van der Waals surface area contributed by atoms with E-state index >= 15 is 0 Å². The van der Waals surface area contributed by atoms with Crippen LogP contribution in [0.15, 0.2) is 4.60 Å². The number of nitrogens with two attached hydrogens (primary N) is 1. The van der Waals surface area contributed by atoms with E-state index in [4.69, 9.17) is 5.73 Å². The molecule has 0 radical (unpaired) electrons. The molecule has 2 rings (SSSR count). The molecule has 0 aliphatic rings. The zero-order valence-electron chi connectivity index (χ0n) is 7.06. The molecular formula is C6H4BrN5O3. The third-order valence-electron chi connectivity index (χ3n) is 1.51. The SMILES string of the molecule is NC(=O)Oc1nc(O)c2n[nH]c(Br)c2n1. The van der Waals surface area contributed by atoms with Gasteiger partial charge in [-0.15, -0.1) is 0 Å². The number of aromatic nitrogens is 4. The number of carbonyl (C=O) groups is 1. The van der Waals surface area contributed by atoms with Crippen molar-refractivity contribution in [2.24, 2.45) is 5.73 Å². The van der Waals surface area contributed by atoms with E-state index in [0.717, 1.165) is 0 Å². The summed E-state index contributed by atoms with van der Waals surface area (Å²) in [6, 6.07) is -0.338. The third-order valence-corrected chi connectivity index (χ3v) is 2.06. The molecule has 9 heteroatoms. The van der Waals surface area contributed by atoms with E-state index in [2.05, 4.69) is 40.8 Å². The van der Waals surface area contributed by atoms with Crippen molar-refractivity contribution in [2.45, 2.75) is 0 Å². The number of H-pyrrole nitrogens is 1. The Hall–Kier alpha value is -1.90. The molecule has 0 aliphatic carbocycles. The molecule has 0 aromatic carbocycles. The van der Waals surface area contributed by atoms with Crippen LogP contribution in [0.5, 0.6) is 11.9 Å². The second-order valence-corrected chi connectivity index (χ2v) is 3.28. The molecule has 0 atom stereocenters. The van der Waals surface area contributed by atoms with E-state index in [9.17, 15) is 9.90 Å². The molecule has 4 N–H and O–H groups in total. The Bertz CT molecular complexity index is 539. The van der Waals surface area contributed by atoms with Gasteiger partial charge in [0, 0.05) is 0 Å². The minimum absolute atomic E-state index is 0.165. The quantitative estimate of drug-likeness (QED) is 0.685. The van der Waals surface area contributed by atoms with Gasteiger partial charge in [-0.25, -0.2) is 4.79 Å².